The predicted octanol–water partition coefficient (Wildman–Crippen LogP) is 3.34. The van der Waals surface area contributed by atoms with Gasteiger partial charge in [0, 0.05) is 53.6 Å². The van der Waals surface area contributed by atoms with Gasteiger partial charge in [0.15, 0.2) is 5.82 Å². The molecule has 6 rings (SSSR count). The maximum absolute atomic E-state index is 15.9. The highest BCUT2D eigenvalue weighted by atomic mass is 19.1. The number of hydrogen-bond acceptors (Lipinski definition) is 6. The molecule has 0 N–H and O–H groups in total. The molecule has 166 valence electrons. The van der Waals surface area contributed by atoms with Gasteiger partial charge in [0.1, 0.15) is 23.4 Å². The minimum Gasteiger partial charge on any atom is -0.349 e. The summed E-state index contributed by atoms with van der Waals surface area (Å²) in [6.07, 6.45) is 14.1. The summed E-state index contributed by atoms with van der Waals surface area (Å²) < 4.78 is 15.9. The van der Waals surface area contributed by atoms with Crippen molar-refractivity contribution in [3.05, 3.63) is 67.2 Å². The lowest BCUT2D eigenvalue weighted by molar-refractivity contribution is -0.127. The van der Waals surface area contributed by atoms with E-state index in [1.807, 2.05) is 23.1 Å². The minimum atomic E-state index is -0.547. The number of anilines is 1. The molecule has 34 heavy (non-hydrogen) atoms. The SMILES string of the molecule is C#Cc1cccc2cncc(-c3ncc4c(N5C[C@@H]6[C@H]5CCN6C(=O)C=C)ncnc4c3F)c12. The van der Waals surface area contributed by atoms with Crippen molar-refractivity contribution in [2.45, 2.75) is 18.5 Å². The van der Waals surface area contributed by atoms with E-state index < -0.39 is 5.82 Å². The first-order valence-corrected chi connectivity index (χ1v) is 10.9. The zero-order chi connectivity index (χ0) is 23.4. The fourth-order valence-corrected chi connectivity index (χ4v) is 5.18. The van der Waals surface area contributed by atoms with E-state index in [1.54, 1.807) is 18.6 Å². The first kappa shape index (κ1) is 20.2. The van der Waals surface area contributed by atoms with Crippen molar-refractivity contribution in [2.24, 2.45) is 0 Å². The van der Waals surface area contributed by atoms with Crippen LogP contribution < -0.4 is 4.90 Å². The fourth-order valence-electron chi connectivity index (χ4n) is 5.18. The standard InChI is InChI=1S/C26H19FN6O/c1-3-15-6-5-7-16-10-28-11-17(22(15)16)24-23(27)25-18(12-29-24)26(31-14-30-25)33-13-20-19(33)8-9-32(20)21(34)4-2/h1,4-7,10-12,14,19-20H,2,8-9,13H2/t19-,20-/m1/s1. The van der Waals surface area contributed by atoms with Crippen LogP contribution in [0, 0.1) is 18.2 Å². The molecule has 2 aliphatic heterocycles. The highest BCUT2D eigenvalue weighted by Gasteiger charge is 2.49. The molecule has 1 aromatic carbocycles. The monoisotopic (exact) mass is 450 g/mol. The number of nitrogens with zero attached hydrogens (tertiary/aromatic N) is 6. The van der Waals surface area contributed by atoms with Crippen LogP contribution in [0.4, 0.5) is 10.2 Å². The van der Waals surface area contributed by atoms with Crippen molar-refractivity contribution >= 4 is 33.4 Å². The van der Waals surface area contributed by atoms with Crippen LogP contribution in [0.15, 0.2) is 55.8 Å². The summed E-state index contributed by atoms with van der Waals surface area (Å²) in [6.45, 7) is 4.88. The van der Waals surface area contributed by atoms with Crippen LogP contribution in [0.1, 0.15) is 12.0 Å². The summed E-state index contributed by atoms with van der Waals surface area (Å²) in [5, 5.41) is 2.06. The number of halogens is 1. The van der Waals surface area contributed by atoms with Gasteiger partial charge in [-0.2, -0.15) is 0 Å². The molecule has 2 fully saturated rings. The largest absolute Gasteiger partial charge is 0.349 e. The Balaban J connectivity index is 1.44. The number of benzene rings is 1. The van der Waals surface area contributed by atoms with E-state index in [9.17, 15) is 4.79 Å². The Morgan fingerprint density at radius 2 is 2.09 bits per heavy atom. The van der Waals surface area contributed by atoms with E-state index in [0.717, 1.165) is 17.2 Å². The molecular weight excluding hydrogens is 431 g/mol. The van der Waals surface area contributed by atoms with Gasteiger partial charge < -0.3 is 9.80 Å². The second-order valence-electron chi connectivity index (χ2n) is 8.43. The zero-order valence-electron chi connectivity index (χ0n) is 18.1. The molecule has 0 unspecified atom stereocenters. The number of pyridine rings is 2. The van der Waals surface area contributed by atoms with Gasteiger partial charge in [-0.3, -0.25) is 14.8 Å². The lowest BCUT2D eigenvalue weighted by Gasteiger charge is -2.47. The van der Waals surface area contributed by atoms with Crippen LogP contribution in [0.2, 0.25) is 0 Å². The molecule has 2 saturated heterocycles. The molecular formula is C26H19FN6O. The van der Waals surface area contributed by atoms with Crippen LogP contribution in [-0.4, -0.2) is 55.9 Å². The number of hydrogen-bond donors (Lipinski definition) is 0. The number of fused-ring (bicyclic) bond motifs is 3. The Morgan fingerprint density at radius 3 is 2.91 bits per heavy atom. The Kier molecular flexibility index (Phi) is 4.52. The van der Waals surface area contributed by atoms with Crippen molar-refractivity contribution in [3.8, 4) is 23.6 Å². The summed E-state index contributed by atoms with van der Waals surface area (Å²) in [7, 11) is 0. The lowest BCUT2D eigenvalue weighted by atomic mass is 9.96. The molecule has 7 nitrogen and oxygen atoms in total. The summed E-state index contributed by atoms with van der Waals surface area (Å²) in [6, 6.07) is 5.78. The number of terminal acetylenes is 1. The fraction of sp³-hybridized carbons (Fsp3) is 0.192. The third-order valence-corrected chi connectivity index (χ3v) is 6.82. The molecule has 2 aliphatic rings. The smallest absolute Gasteiger partial charge is 0.246 e. The Labute approximate surface area is 195 Å². The Morgan fingerprint density at radius 1 is 1.21 bits per heavy atom. The number of carbonyl (C=O) groups excluding carboxylic acids is 1. The first-order chi connectivity index (χ1) is 16.6. The van der Waals surface area contributed by atoms with Gasteiger partial charge in [-0.1, -0.05) is 24.6 Å². The molecule has 0 spiro atoms. The van der Waals surface area contributed by atoms with Crippen molar-refractivity contribution in [3.63, 3.8) is 0 Å². The van der Waals surface area contributed by atoms with Gasteiger partial charge in [0.05, 0.1) is 17.5 Å². The number of carbonyl (C=O) groups is 1. The number of rotatable bonds is 3. The summed E-state index contributed by atoms with van der Waals surface area (Å²) >= 11 is 0. The van der Waals surface area contributed by atoms with E-state index in [4.69, 9.17) is 6.42 Å². The molecule has 5 heterocycles. The topological polar surface area (TPSA) is 75.1 Å². The maximum Gasteiger partial charge on any atom is 0.246 e. The van der Waals surface area contributed by atoms with E-state index in [1.165, 1.54) is 12.4 Å². The molecule has 0 bridgehead atoms. The Bertz CT molecular complexity index is 1540. The van der Waals surface area contributed by atoms with Crippen molar-refractivity contribution in [1.29, 1.82) is 0 Å². The van der Waals surface area contributed by atoms with Gasteiger partial charge in [-0.05, 0) is 18.6 Å². The molecule has 0 aliphatic carbocycles. The van der Waals surface area contributed by atoms with E-state index >= 15 is 4.39 Å². The predicted molar refractivity (Wildman–Crippen MR) is 127 cm³/mol. The average Bonchev–Trinajstić information content (AvgIpc) is 3.19. The van der Waals surface area contributed by atoms with Crippen molar-refractivity contribution < 1.29 is 9.18 Å². The average molecular weight is 450 g/mol. The van der Waals surface area contributed by atoms with Gasteiger partial charge in [-0.25, -0.2) is 14.4 Å². The van der Waals surface area contributed by atoms with Crippen LogP contribution >= 0.6 is 0 Å². The molecule has 3 aromatic heterocycles. The third kappa shape index (κ3) is 2.80. The van der Waals surface area contributed by atoms with E-state index in [-0.39, 0.29) is 29.2 Å². The van der Waals surface area contributed by atoms with Gasteiger partial charge in [0.25, 0.3) is 0 Å². The number of likely N-dealkylation sites (tertiary alicyclic amines) is 1. The highest BCUT2D eigenvalue weighted by Crippen LogP contribution is 2.39. The quantitative estimate of drug-likeness (QED) is 0.352. The second kappa shape index (κ2) is 7.59. The Hall–Kier alpha value is -4.38. The van der Waals surface area contributed by atoms with Gasteiger partial charge in [0.2, 0.25) is 5.91 Å². The molecule has 8 heteroatoms. The van der Waals surface area contributed by atoms with Gasteiger partial charge in [-0.15, -0.1) is 6.42 Å². The third-order valence-electron chi connectivity index (χ3n) is 6.82. The first-order valence-electron chi connectivity index (χ1n) is 10.9. The van der Waals surface area contributed by atoms with Crippen molar-refractivity contribution in [2.75, 3.05) is 18.0 Å². The second-order valence-corrected chi connectivity index (χ2v) is 8.43. The summed E-state index contributed by atoms with van der Waals surface area (Å²) in [5.41, 5.74) is 1.49. The summed E-state index contributed by atoms with van der Waals surface area (Å²) in [4.78, 5) is 33.5. The van der Waals surface area contributed by atoms with E-state index in [0.29, 0.717) is 35.4 Å². The lowest BCUT2D eigenvalue weighted by Crippen LogP contribution is -2.63. The normalized spacial score (nSPS) is 19.1. The van der Waals surface area contributed by atoms with Crippen LogP contribution in [0.3, 0.4) is 0 Å². The zero-order valence-corrected chi connectivity index (χ0v) is 18.1. The minimum absolute atomic E-state index is 0.0629. The summed E-state index contributed by atoms with van der Waals surface area (Å²) in [5.74, 6) is 2.68. The molecule has 2 atom stereocenters. The molecule has 0 radical (unpaired) electrons. The molecule has 1 amide bonds. The van der Waals surface area contributed by atoms with Crippen LogP contribution in [-0.2, 0) is 4.79 Å². The molecule has 0 saturated carbocycles. The molecule has 4 aromatic rings. The number of aromatic nitrogens is 4. The van der Waals surface area contributed by atoms with Gasteiger partial charge >= 0.3 is 0 Å². The van der Waals surface area contributed by atoms with Crippen LogP contribution in [0.5, 0.6) is 0 Å². The van der Waals surface area contributed by atoms with Crippen molar-refractivity contribution in [1.82, 2.24) is 24.8 Å². The maximum atomic E-state index is 15.9. The van der Waals surface area contributed by atoms with E-state index in [2.05, 4.69) is 37.3 Å². The highest BCUT2D eigenvalue weighted by molar-refractivity contribution is 6.01. The number of amides is 1. The van der Waals surface area contributed by atoms with Crippen LogP contribution in [0.25, 0.3) is 32.9 Å².